The molecule has 1 aliphatic carbocycles. The lowest BCUT2D eigenvalue weighted by molar-refractivity contribution is 0.0122. The largest absolute Gasteiger partial charge is 0.256 e. The van der Waals surface area contributed by atoms with E-state index in [1.165, 1.54) is 0 Å². The minimum Gasteiger partial charge on any atom is -0.207 e. The Morgan fingerprint density at radius 1 is 0.923 bits per heavy atom. The van der Waals surface area contributed by atoms with Crippen molar-refractivity contribution in [3.05, 3.63) is 34.9 Å². The zero-order valence-corrected chi connectivity index (χ0v) is 6.58. The molecule has 0 bridgehead atoms. The molecule has 0 atom stereocenters. The van der Waals surface area contributed by atoms with Gasteiger partial charge in [0.2, 0.25) is 0 Å². The Hall–Kier alpha value is -1.06. The summed E-state index contributed by atoms with van der Waals surface area (Å²) in [5.74, 6) is -4.48. The third-order valence-corrected chi connectivity index (χ3v) is 2.19. The Labute approximate surface area is 72.2 Å². The van der Waals surface area contributed by atoms with Gasteiger partial charge in [-0.1, -0.05) is 0 Å². The lowest BCUT2D eigenvalue weighted by Crippen LogP contribution is -2.15. The van der Waals surface area contributed by atoms with E-state index in [4.69, 9.17) is 0 Å². The summed E-state index contributed by atoms with van der Waals surface area (Å²) in [4.78, 5) is 0. The van der Waals surface area contributed by atoms with Gasteiger partial charge in [0, 0.05) is 24.0 Å². The molecule has 0 amide bonds. The summed E-state index contributed by atoms with van der Waals surface area (Å²) >= 11 is 0. The fourth-order valence-electron chi connectivity index (χ4n) is 1.60. The van der Waals surface area contributed by atoms with Crippen molar-refractivity contribution in [3.63, 3.8) is 0 Å². The molecule has 1 aromatic carbocycles. The van der Waals surface area contributed by atoms with Crippen LogP contribution in [0.3, 0.4) is 0 Å². The second-order valence-corrected chi connectivity index (χ2v) is 3.20. The van der Waals surface area contributed by atoms with Crippen molar-refractivity contribution in [1.29, 1.82) is 0 Å². The van der Waals surface area contributed by atoms with E-state index in [0.29, 0.717) is 0 Å². The highest BCUT2D eigenvalue weighted by atomic mass is 19.3. The quantitative estimate of drug-likeness (QED) is 0.552. The Morgan fingerprint density at radius 3 is 1.69 bits per heavy atom. The summed E-state index contributed by atoms with van der Waals surface area (Å²) < 4.78 is 51.4. The van der Waals surface area contributed by atoms with Crippen LogP contribution in [0.15, 0.2) is 12.1 Å². The second-order valence-electron chi connectivity index (χ2n) is 3.20. The minimum atomic E-state index is -2.99. The van der Waals surface area contributed by atoms with Crippen LogP contribution < -0.4 is 0 Å². The summed E-state index contributed by atoms with van der Waals surface area (Å²) in [7, 11) is 0. The first-order valence-corrected chi connectivity index (χ1v) is 3.83. The second kappa shape index (κ2) is 2.47. The zero-order chi connectivity index (χ0) is 9.64. The first kappa shape index (κ1) is 8.53. The number of alkyl halides is 2. The molecule has 0 N–H and O–H groups in total. The maximum absolute atomic E-state index is 12.9. The molecule has 0 radical (unpaired) electrons. The van der Waals surface area contributed by atoms with E-state index in [1.54, 1.807) is 0 Å². The highest BCUT2D eigenvalue weighted by Gasteiger charge is 2.40. The van der Waals surface area contributed by atoms with Crippen molar-refractivity contribution >= 4 is 0 Å². The topological polar surface area (TPSA) is 0 Å². The molecule has 0 saturated carbocycles. The average molecular weight is 190 g/mol. The van der Waals surface area contributed by atoms with E-state index < -0.39 is 30.4 Å². The molecule has 0 spiro atoms. The predicted molar refractivity (Wildman–Crippen MR) is 38.7 cm³/mol. The smallest absolute Gasteiger partial charge is 0.207 e. The Morgan fingerprint density at radius 2 is 1.31 bits per heavy atom. The molecule has 13 heavy (non-hydrogen) atoms. The minimum absolute atomic E-state index is 0.176. The van der Waals surface area contributed by atoms with E-state index in [2.05, 4.69) is 0 Å². The SMILES string of the molecule is Fc1ccc(F)c2c1CC(F)(F)C2. The maximum Gasteiger partial charge on any atom is 0.256 e. The summed E-state index contributed by atoms with van der Waals surface area (Å²) in [5.41, 5.74) is -0.352. The van der Waals surface area contributed by atoms with Crippen LogP contribution in [0.25, 0.3) is 0 Å². The van der Waals surface area contributed by atoms with Gasteiger partial charge in [-0.05, 0) is 12.1 Å². The van der Waals surface area contributed by atoms with Gasteiger partial charge in [-0.3, -0.25) is 0 Å². The van der Waals surface area contributed by atoms with Gasteiger partial charge in [-0.15, -0.1) is 0 Å². The Balaban J connectivity index is 2.56. The molecule has 70 valence electrons. The molecule has 0 fully saturated rings. The molecule has 0 aliphatic heterocycles. The maximum atomic E-state index is 12.9. The van der Waals surface area contributed by atoms with Crippen LogP contribution in [-0.2, 0) is 12.8 Å². The monoisotopic (exact) mass is 190 g/mol. The van der Waals surface area contributed by atoms with Gasteiger partial charge in [0.05, 0.1) is 0 Å². The van der Waals surface area contributed by atoms with Crippen LogP contribution in [0.1, 0.15) is 11.1 Å². The van der Waals surface area contributed by atoms with E-state index in [0.717, 1.165) is 12.1 Å². The summed E-state index contributed by atoms with van der Waals surface area (Å²) in [6.45, 7) is 0. The van der Waals surface area contributed by atoms with Crippen LogP contribution in [0, 0.1) is 11.6 Å². The standard InChI is InChI=1S/C9H6F4/c10-7-1-2-8(11)6-4-9(12,13)3-5(6)7/h1-2H,3-4H2. The van der Waals surface area contributed by atoms with Gasteiger partial charge in [0.15, 0.2) is 0 Å². The number of hydrogen-bond acceptors (Lipinski definition) is 0. The lowest BCUT2D eigenvalue weighted by atomic mass is 10.1. The number of fused-ring (bicyclic) bond motifs is 1. The molecule has 1 aliphatic rings. The summed E-state index contributed by atoms with van der Waals surface area (Å²) in [5, 5.41) is 0. The zero-order valence-electron chi connectivity index (χ0n) is 6.58. The molecule has 0 aromatic heterocycles. The number of hydrogen-bond donors (Lipinski definition) is 0. The van der Waals surface area contributed by atoms with E-state index in [1.807, 2.05) is 0 Å². The fraction of sp³-hybridized carbons (Fsp3) is 0.333. The molecule has 4 heteroatoms. The van der Waals surface area contributed by atoms with E-state index in [-0.39, 0.29) is 11.1 Å². The van der Waals surface area contributed by atoms with Crippen LogP contribution in [-0.4, -0.2) is 5.92 Å². The number of benzene rings is 1. The van der Waals surface area contributed by atoms with Crippen molar-refractivity contribution in [2.24, 2.45) is 0 Å². The summed E-state index contributed by atoms with van der Waals surface area (Å²) in [6, 6.07) is 1.77. The van der Waals surface area contributed by atoms with Gasteiger partial charge >= 0.3 is 0 Å². The highest BCUT2D eigenvalue weighted by Crippen LogP contribution is 2.36. The number of halogens is 4. The average Bonchev–Trinajstić information content (AvgIpc) is 2.35. The van der Waals surface area contributed by atoms with Gasteiger partial charge < -0.3 is 0 Å². The number of rotatable bonds is 0. The van der Waals surface area contributed by atoms with Gasteiger partial charge in [-0.2, -0.15) is 0 Å². The van der Waals surface area contributed by atoms with Crippen molar-refractivity contribution < 1.29 is 17.6 Å². The molecule has 2 rings (SSSR count). The van der Waals surface area contributed by atoms with Crippen molar-refractivity contribution in [2.45, 2.75) is 18.8 Å². The van der Waals surface area contributed by atoms with Crippen LogP contribution >= 0.6 is 0 Å². The van der Waals surface area contributed by atoms with E-state index in [9.17, 15) is 17.6 Å². The molecule has 0 nitrogen and oxygen atoms in total. The third kappa shape index (κ3) is 1.30. The fourth-order valence-corrected chi connectivity index (χ4v) is 1.60. The molecular weight excluding hydrogens is 184 g/mol. The Kier molecular flexibility index (Phi) is 1.62. The van der Waals surface area contributed by atoms with Crippen molar-refractivity contribution in [1.82, 2.24) is 0 Å². The molecular formula is C9H6F4. The van der Waals surface area contributed by atoms with Crippen LogP contribution in [0.5, 0.6) is 0 Å². The van der Waals surface area contributed by atoms with Crippen molar-refractivity contribution in [2.75, 3.05) is 0 Å². The van der Waals surface area contributed by atoms with Crippen LogP contribution in [0.4, 0.5) is 17.6 Å². The molecule has 0 saturated heterocycles. The van der Waals surface area contributed by atoms with Gasteiger partial charge in [-0.25, -0.2) is 17.6 Å². The Bertz CT molecular complexity index is 324. The lowest BCUT2D eigenvalue weighted by Gasteiger charge is -2.04. The van der Waals surface area contributed by atoms with Gasteiger partial charge in [0.25, 0.3) is 5.92 Å². The highest BCUT2D eigenvalue weighted by molar-refractivity contribution is 5.36. The van der Waals surface area contributed by atoms with E-state index >= 15 is 0 Å². The van der Waals surface area contributed by atoms with Crippen molar-refractivity contribution in [3.8, 4) is 0 Å². The first-order chi connectivity index (χ1) is 5.99. The third-order valence-electron chi connectivity index (χ3n) is 2.19. The predicted octanol–water partition coefficient (Wildman–Crippen LogP) is 2.70. The van der Waals surface area contributed by atoms with Crippen LogP contribution in [0.2, 0.25) is 0 Å². The molecule has 0 heterocycles. The molecule has 0 unspecified atom stereocenters. The summed E-state index contributed by atoms with van der Waals surface area (Å²) in [6.07, 6.45) is -1.38. The molecule has 1 aromatic rings. The first-order valence-electron chi connectivity index (χ1n) is 3.83. The normalized spacial score (nSPS) is 18.8. The van der Waals surface area contributed by atoms with Gasteiger partial charge in [0.1, 0.15) is 11.6 Å².